The van der Waals surface area contributed by atoms with Gasteiger partial charge in [0.2, 0.25) is 5.91 Å². The maximum Gasteiger partial charge on any atom is 0.227 e. The van der Waals surface area contributed by atoms with Crippen LogP contribution in [0.4, 0.5) is 5.69 Å². The van der Waals surface area contributed by atoms with Crippen molar-refractivity contribution in [2.45, 2.75) is 31.7 Å². The molecule has 1 aromatic heterocycles. The van der Waals surface area contributed by atoms with E-state index in [1.54, 1.807) is 0 Å². The average molecular weight is 420 g/mol. The number of thioether (sulfide) groups is 1. The van der Waals surface area contributed by atoms with E-state index in [0.717, 1.165) is 54.4 Å². The number of carbonyl (C=O) groups is 1. The SMILES string of the molecule is O=C(Nc1cccc(-c2cc3ccccc3[nH]2)c1)C1CCN(C2CCSCC2)CC1. The second kappa shape index (κ2) is 8.86. The van der Waals surface area contributed by atoms with Gasteiger partial charge in [0.25, 0.3) is 0 Å². The highest BCUT2D eigenvalue weighted by Crippen LogP contribution is 2.29. The molecule has 2 aromatic carbocycles. The summed E-state index contributed by atoms with van der Waals surface area (Å²) in [5.74, 6) is 2.87. The topological polar surface area (TPSA) is 48.1 Å². The fraction of sp³-hybridized carbons (Fsp3) is 0.400. The van der Waals surface area contributed by atoms with Crippen LogP contribution in [0.1, 0.15) is 25.7 Å². The molecular formula is C25H29N3OS. The zero-order chi connectivity index (χ0) is 20.3. The summed E-state index contributed by atoms with van der Waals surface area (Å²) >= 11 is 2.08. The Hall–Kier alpha value is -2.24. The van der Waals surface area contributed by atoms with E-state index in [2.05, 4.69) is 63.4 Å². The third-order valence-electron chi connectivity index (χ3n) is 6.58. The molecule has 30 heavy (non-hydrogen) atoms. The van der Waals surface area contributed by atoms with Crippen molar-refractivity contribution in [1.29, 1.82) is 0 Å². The van der Waals surface area contributed by atoms with Crippen LogP contribution in [0, 0.1) is 5.92 Å². The van der Waals surface area contributed by atoms with E-state index >= 15 is 0 Å². The third-order valence-corrected chi connectivity index (χ3v) is 7.63. The van der Waals surface area contributed by atoms with Crippen LogP contribution in [0.2, 0.25) is 0 Å². The minimum absolute atomic E-state index is 0.121. The van der Waals surface area contributed by atoms with Gasteiger partial charge < -0.3 is 15.2 Å². The van der Waals surface area contributed by atoms with Crippen molar-refractivity contribution >= 4 is 34.3 Å². The standard InChI is InChI=1S/C25H29N3OS/c29-25(18-8-12-28(13-9-18)22-10-14-30-15-11-22)26-21-6-3-5-19(16-21)24-17-20-4-1-2-7-23(20)27-24/h1-7,16-18,22,27H,8-15H2,(H,26,29). The molecule has 5 heteroatoms. The van der Waals surface area contributed by atoms with E-state index in [4.69, 9.17) is 0 Å². The fourth-order valence-electron chi connectivity index (χ4n) is 4.81. The highest BCUT2D eigenvalue weighted by Gasteiger charge is 2.29. The molecular weight excluding hydrogens is 390 g/mol. The highest BCUT2D eigenvalue weighted by atomic mass is 32.2. The van der Waals surface area contributed by atoms with Crippen molar-refractivity contribution in [2.24, 2.45) is 5.92 Å². The van der Waals surface area contributed by atoms with Crippen LogP contribution in [-0.2, 0) is 4.79 Å². The molecule has 2 saturated heterocycles. The summed E-state index contributed by atoms with van der Waals surface area (Å²) in [5, 5.41) is 4.37. The zero-order valence-corrected chi connectivity index (χ0v) is 18.1. The predicted molar refractivity (Wildman–Crippen MR) is 127 cm³/mol. The highest BCUT2D eigenvalue weighted by molar-refractivity contribution is 7.99. The minimum atomic E-state index is 0.121. The summed E-state index contributed by atoms with van der Waals surface area (Å²) < 4.78 is 0. The Morgan fingerprint density at radius 1 is 0.967 bits per heavy atom. The number of nitrogens with zero attached hydrogens (tertiary/aromatic N) is 1. The van der Waals surface area contributed by atoms with Crippen molar-refractivity contribution in [3.8, 4) is 11.3 Å². The van der Waals surface area contributed by atoms with Crippen molar-refractivity contribution in [1.82, 2.24) is 9.88 Å². The molecule has 5 rings (SSSR count). The molecule has 0 aliphatic carbocycles. The van der Waals surface area contributed by atoms with Gasteiger partial charge in [-0.3, -0.25) is 4.79 Å². The quantitative estimate of drug-likeness (QED) is 0.597. The number of hydrogen-bond donors (Lipinski definition) is 2. The molecule has 0 radical (unpaired) electrons. The maximum atomic E-state index is 12.9. The Bertz CT molecular complexity index is 983. The van der Waals surface area contributed by atoms with Crippen molar-refractivity contribution in [3.63, 3.8) is 0 Å². The Labute approximate surface area is 182 Å². The van der Waals surface area contributed by atoms with Crippen LogP contribution in [0.5, 0.6) is 0 Å². The number of H-pyrrole nitrogens is 1. The van der Waals surface area contributed by atoms with Gasteiger partial charge in [0.05, 0.1) is 0 Å². The van der Waals surface area contributed by atoms with Gasteiger partial charge in [-0.1, -0.05) is 30.3 Å². The average Bonchev–Trinajstić information content (AvgIpc) is 3.24. The number of anilines is 1. The van der Waals surface area contributed by atoms with Gasteiger partial charge in [-0.15, -0.1) is 0 Å². The number of likely N-dealkylation sites (tertiary alicyclic amines) is 1. The molecule has 4 nitrogen and oxygen atoms in total. The number of amides is 1. The number of aromatic amines is 1. The fourth-order valence-corrected chi connectivity index (χ4v) is 5.90. The van der Waals surface area contributed by atoms with Gasteiger partial charge in [0.1, 0.15) is 0 Å². The summed E-state index contributed by atoms with van der Waals surface area (Å²) in [4.78, 5) is 19.0. The van der Waals surface area contributed by atoms with Crippen LogP contribution in [-0.4, -0.2) is 46.4 Å². The van der Waals surface area contributed by atoms with Gasteiger partial charge in [-0.2, -0.15) is 11.8 Å². The number of piperidine rings is 1. The van der Waals surface area contributed by atoms with E-state index in [0.29, 0.717) is 0 Å². The van der Waals surface area contributed by atoms with E-state index in [9.17, 15) is 4.79 Å². The van der Waals surface area contributed by atoms with Gasteiger partial charge >= 0.3 is 0 Å². The summed E-state index contributed by atoms with van der Waals surface area (Å²) in [5.41, 5.74) is 4.17. The van der Waals surface area contributed by atoms with Crippen LogP contribution in [0.15, 0.2) is 54.6 Å². The van der Waals surface area contributed by atoms with Crippen LogP contribution in [0.25, 0.3) is 22.2 Å². The Morgan fingerprint density at radius 3 is 2.57 bits per heavy atom. The maximum absolute atomic E-state index is 12.9. The number of carbonyl (C=O) groups excluding carboxylic acids is 1. The minimum Gasteiger partial charge on any atom is -0.355 e. The van der Waals surface area contributed by atoms with Crippen LogP contribution in [0.3, 0.4) is 0 Å². The molecule has 0 unspecified atom stereocenters. The first kappa shape index (κ1) is 19.7. The van der Waals surface area contributed by atoms with E-state index in [-0.39, 0.29) is 11.8 Å². The molecule has 1 amide bonds. The second-order valence-corrected chi connectivity index (χ2v) is 9.72. The van der Waals surface area contributed by atoms with Crippen LogP contribution < -0.4 is 5.32 Å². The summed E-state index contributed by atoms with van der Waals surface area (Å²) in [6.45, 7) is 2.12. The number of para-hydroxylation sites is 1. The molecule has 0 saturated carbocycles. The van der Waals surface area contributed by atoms with E-state index in [1.807, 2.05) is 18.2 Å². The van der Waals surface area contributed by atoms with E-state index in [1.165, 1.54) is 29.7 Å². The molecule has 3 heterocycles. The number of benzene rings is 2. The lowest BCUT2D eigenvalue weighted by molar-refractivity contribution is -0.121. The Balaban J connectivity index is 1.22. The van der Waals surface area contributed by atoms with Crippen molar-refractivity contribution < 1.29 is 4.79 Å². The number of nitrogens with one attached hydrogen (secondary N) is 2. The molecule has 0 spiro atoms. The summed E-state index contributed by atoms with van der Waals surface area (Å²) in [7, 11) is 0. The van der Waals surface area contributed by atoms with Gasteiger partial charge in [0, 0.05) is 39.8 Å². The largest absolute Gasteiger partial charge is 0.355 e. The van der Waals surface area contributed by atoms with Crippen molar-refractivity contribution in [2.75, 3.05) is 29.9 Å². The Morgan fingerprint density at radius 2 is 1.77 bits per heavy atom. The molecule has 2 fully saturated rings. The first-order chi connectivity index (χ1) is 14.8. The second-order valence-electron chi connectivity index (χ2n) is 8.49. The van der Waals surface area contributed by atoms with Crippen LogP contribution >= 0.6 is 11.8 Å². The Kier molecular flexibility index (Phi) is 5.82. The number of hydrogen-bond acceptors (Lipinski definition) is 3. The molecule has 2 aliphatic heterocycles. The lowest BCUT2D eigenvalue weighted by Crippen LogP contribution is -2.45. The molecule has 156 valence electrons. The molecule has 3 aromatic rings. The van der Waals surface area contributed by atoms with Crippen molar-refractivity contribution in [3.05, 3.63) is 54.6 Å². The summed E-state index contributed by atoms with van der Waals surface area (Å²) in [6, 6.07) is 19.3. The molecule has 2 aliphatic rings. The monoisotopic (exact) mass is 419 g/mol. The lowest BCUT2D eigenvalue weighted by Gasteiger charge is -2.38. The first-order valence-electron chi connectivity index (χ1n) is 11.1. The first-order valence-corrected chi connectivity index (χ1v) is 12.2. The normalized spacial score (nSPS) is 19.2. The smallest absolute Gasteiger partial charge is 0.227 e. The number of aromatic nitrogens is 1. The molecule has 0 bridgehead atoms. The summed E-state index contributed by atoms with van der Waals surface area (Å²) in [6.07, 6.45) is 4.55. The van der Waals surface area contributed by atoms with Gasteiger partial charge in [-0.05, 0) is 74.5 Å². The third kappa shape index (κ3) is 4.28. The zero-order valence-electron chi connectivity index (χ0n) is 17.3. The van der Waals surface area contributed by atoms with E-state index < -0.39 is 0 Å². The number of rotatable bonds is 4. The lowest BCUT2D eigenvalue weighted by atomic mass is 9.93. The number of fused-ring (bicyclic) bond motifs is 1. The van der Waals surface area contributed by atoms with Gasteiger partial charge in [-0.25, -0.2) is 0 Å². The molecule has 2 N–H and O–H groups in total. The predicted octanol–water partition coefficient (Wildman–Crippen LogP) is 5.38. The molecule has 0 atom stereocenters. The van der Waals surface area contributed by atoms with Gasteiger partial charge in [0.15, 0.2) is 0 Å².